The summed E-state index contributed by atoms with van der Waals surface area (Å²) >= 11 is 0. The van der Waals surface area contributed by atoms with E-state index in [4.69, 9.17) is 14.2 Å². The van der Waals surface area contributed by atoms with E-state index in [1.807, 2.05) is 0 Å². The fraction of sp³-hybridized carbons (Fsp3) is 0.200. The molecule has 7 nitrogen and oxygen atoms in total. The summed E-state index contributed by atoms with van der Waals surface area (Å²) in [7, 11) is 4.44. The van der Waals surface area contributed by atoms with Crippen LogP contribution in [-0.4, -0.2) is 38.2 Å². The minimum Gasteiger partial charge on any atom is -0.493 e. The fourth-order valence-electron chi connectivity index (χ4n) is 2.86. The Morgan fingerprint density at radius 2 is 1.68 bits per heavy atom. The molecular weight excluding hydrogens is 367 g/mol. The smallest absolute Gasteiger partial charge is 0.329 e. The zero-order valence-electron chi connectivity index (χ0n) is 15.6. The lowest BCUT2D eigenvalue weighted by atomic mass is 10.1. The molecular formula is C20H19FN2O5. The molecule has 0 atom stereocenters. The molecule has 3 amide bonds. The van der Waals surface area contributed by atoms with Crippen LogP contribution in [0.1, 0.15) is 11.1 Å². The number of hydrogen-bond donors (Lipinski definition) is 1. The van der Waals surface area contributed by atoms with Crippen LogP contribution in [0, 0.1) is 5.82 Å². The summed E-state index contributed by atoms with van der Waals surface area (Å²) in [5.74, 6) is 0.199. The number of nitrogens with zero attached hydrogens (tertiary/aromatic N) is 1. The SMILES string of the molecule is COc1cc(/C=C2\NC(=O)N(Cc3ccccc3F)C2=O)cc(OC)c1OC. The highest BCUT2D eigenvalue weighted by molar-refractivity contribution is 6.13. The molecule has 28 heavy (non-hydrogen) atoms. The third-order valence-electron chi connectivity index (χ3n) is 4.25. The van der Waals surface area contributed by atoms with Gasteiger partial charge in [0.25, 0.3) is 5.91 Å². The lowest BCUT2D eigenvalue weighted by Gasteiger charge is -2.13. The second-order valence-electron chi connectivity index (χ2n) is 5.93. The monoisotopic (exact) mass is 386 g/mol. The van der Waals surface area contributed by atoms with Crippen LogP contribution >= 0.6 is 0 Å². The summed E-state index contributed by atoms with van der Waals surface area (Å²) < 4.78 is 29.7. The van der Waals surface area contributed by atoms with E-state index in [0.717, 1.165) is 4.90 Å². The van der Waals surface area contributed by atoms with Gasteiger partial charge in [-0.05, 0) is 29.8 Å². The van der Waals surface area contributed by atoms with Crippen LogP contribution in [-0.2, 0) is 11.3 Å². The number of methoxy groups -OCH3 is 3. The summed E-state index contributed by atoms with van der Waals surface area (Å²) in [5.41, 5.74) is 0.876. The number of halogens is 1. The Bertz CT molecular complexity index is 932. The molecule has 1 saturated heterocycles. The third kappa shape index (κ3) is 3.62. The number of nitrogens with one attached hydrogen (secondary N) is 1. The second kappa shape index (κ2) is 7.99. The molecule has 3 rings (SSSR count). The van der Waals surface area contributed by atoms with Gasteiger partial charge >= 0.3 is 6.03 Å². The van der Waals surface area contributed by atoms with Crippen LogP contribution in [0.4, 0.5) is 9.18 Å². The summed E-state index contributed by atoms with van der Waals surface area (Å²) in [5, 5.41) is 2.51. The predicted molar refractivity (Wildman–Crippen MR) is 99.6 cm³/mol. The molecule has 0 saturated carbocycles. The summed E-state index contributed by atoms with van der Waals surface area (Å²) in [6, 6.07) is 8.66. The van der Waals surface area contributed by atoms with Crippen molar-refractivity contribution in [2.75, 3.05) is 21.3 Å². The molecule has 1 aliphatic heterocycles. The molecule has 0 aliphatic carbocycles. The largest absolute Gasteiger partial charge is 0.493 e. The van der Waals surface area contributed by atoms with Gasteiger partial charge in [0, 0.05) is 5.56 Å². The summed E-state index contributed by atoms with van der Waals surface area (Å²) in [4.78, 5) is 25.8. The standard InChI is InChI=1S/C20H19FN2O5/c1-26-16-9-12(10-17(27-2)18(16)28-3)8-15-19(24)23(20(25)22-15)11-13-6-4-5-7-14(13)21/h4-10H,11H2,1-3H3,(H,22,25)/b15-8-. The van der Waals surface area contributed by atoms with E-state index in [1.54, 1.807) is 24.3 Å². The van der Waals surface area contributed by atoms with Gasteiger partial charge in [0.1, 0.15) is 11.5 Å². The average molecular weight is 386 g/mol. The van der Waals surface area contributed by atoms with E-state index in [2.05, 4.69) is 5.32 Å². The Kier molecular flexibility index (Phi) is 5.49. The van der Waals surface area contributed by atoms with Gasteiger partial charge < -0.3 is 19.5 Å². The zero-order valence-corrected chi connectivity index (χ0v) is 15.6. The van der Waals surface area contributed by atoms with E-state index in [-0.39, 0.29) is 17.8 Å². The minimum atomic E-state index is -0.619. The van der Waals surface area contributed by atoms with Crippen molar-refractivity contribution in [3.8, 4) is 17.2 Å². The lowest BCUT2D eigenvalue weighted by molar-refractivity contribution is -0.123. The Hall–Kier alpha value is -3.55. The molecule has 2 aromatic rings. The van der Waals surface area contributed by atoms with Gasteiger partial charge in [-0.25, -0.2) is 9.18 Å². The minimum absolute atomic E-state index is 0.0654. The Balaban J connectivity index is 1.90. The second-order valence-corrected chi connectivity index (χ2v) is 5.93. The molecule has 1 fully saturated rings. The van der Waals surface area contributed by atoms with Gasteiger partial charge in [-0.3, -0.25) is 9.69 Å². The third-order valence-corrected chi connectivity index (χ3v) is 4.25. The number of carbonyl (C=O) groups is 2. The van der Waals surface area contributed by atoms with Gasteiger partial charge in [-0.1, -0.05) is 18.2 Å². The number of hydrogen-bond acceptors (Lipinski definition) is 5. The molecule has 146 valence electrons. The molecule has 0 radical (unpaired) electrons. The first kappa shape index (κ1) is 19.2. The van der Waals surface area contributed by atoms with E-state index in [0.29, 0.717) is 22.8 Å². The lowest BCUT2D eigenvalue weighted by Crippen LogP contribution is -2.30. The molecule has 0 unspecified atom stereocenters. The topological polar surface area (TPSA) is 77.1 Å². The van der Waals surface area contributed by atoms with Crippen LogP contribution in [0.3, 0.4) is 0 Å². The normalized spacial score (nSPS) is 15.0. The Morgan fingerprint density at radius 3 is 2.25 bits per heavy atom. The summed E-state index contributed by atoms with van der Waals surface area (Å²) in [6.07, 6.45) is 1.49. The first-order valence-electron chi connectivity index (χ1n) is 8.36. The maximum absolute atomic E-state index is 13.9. The Labute approximate surface area is 161 Å². The van der Waals surface area contributed by atoms with E-state index in [1.165, 1.54) is 39.5 Å². The van der Waals surface area contributed by atoms with Crippen LogP contribution in [0.15, 0.2) is 42.1 Å². The average Bonchev–Trinajstić information content (AvgIpc) is 2.96. The highest BCUT2D eigenvalue weighted by Gasteiger charge is 2.34. The van der Waals surface area contributed by atoms with Crippen molar-refractivity contribution in [3.63, 3.8) is 0 Å². The van der Waals surface area contributed by atoms with Crippen molar-refractivity contribution in [1.82, 2.24) is 10.2 Å². The van der Waals surface area contributed by atoms with Crippen molar-refractivity contribution in [2.45, 2.75) is 6.54 Å². The number of urea groups is 1. The van der Waals surface area contributed by atoms with Gasteiger partial charge in [-0.2, -0.15) is 0 Å². The van der Waals surface area contributed by atoms with E-state index < -0.39 is 17.8 Å². The molecule has 0 bridgehead atoms. The van der Waals surface area contributed by atoms with Gasteiger partial charge in [0.2, 0.25) is 5.75 Å². The molecule has 1 aliphatic rings. The fourth-order valence-corrected chi connectivity index (χ4v) is 2.86. The number of amides is 3. The molecule has 1 heterocycles. The van der Waals surface area contributed by atoms with Crippen molar-refractivity contribution in [3.05, 3.63) is 59.0 Å². The van der Waals surface area contributed by atoms with Gasteiger partial charge in [0.05, 0.1) is 27.9 Å². The van der Waals surface area contributed by atoms with Crippen molar-refractivity contribution < 1.29 is 28.2 Å². The van der Waals surface area contributed by atoms with E-state index in [9.17, 15) is 14.0 Å². The first-order valence-corrected chi connectivity index (χ1v) is 8.36. The molecule has 8 heteroatoms. The van der Waals surface area contributed by atoms with Crippen LogP contribution in [0.5, 0.6) is 17.2 Å². The van der Waals surface area contributed by atoms with Gasteiger partial charge in [0.15, 0.2) is 11.5 Å². The maximum atomic E-state index is 13.9. The maximum Gasteiger partial charge on any atom is 0.329 e. The summed E-state index contributed by atoms with van der Waals surface area (Å²) in [6.45, 7) is -0.163. The van der Waals surface area contributed by atoms with Crippen LogP contribution < -0.4 is 19.5 Å². The van der Waals surface area contributed by atoms with Crippen molar-refractivity contribution >= 4 is 18.0 Å². The van der Waals surface area contributed by atoms with Crippen LogP contribution in [0.2, 0.25) is 0 Å². The highest BCUT2D eigenvalue weighted by atomic mass is 19.1. The van der Waals surface area contributed by atoms with Crippen molar-refractivity contribution in [2.24, 2.45) is 0 Å². The van der Waals surface area contributed by atoms with E-state index >= 15 is 0 Å². The first-order chi connectivity index (χ1) is 13.5. The number of benzene rings is 2. The predicted octanol–water partition coefficient (Wildman–Crippen LogP) is 2.94. The quantitative estimate of drug-likeness (QED) is 0.610. The number of ether oxygens (including phenoxy) is 3. The number of carbonyl (C=O) groups excluding carboxylic acids is 2. The van der Waals surface area contributed by atoms with Crippen molar-refractivity contribution in [1.29, 1.82) is 0 Å². The highest BCUT2D eigenvalue weighted by Crippen LogP contribution is 2.38. The molecule has 0 aromatic heterocycles. The Morgan fingerprint density at radius 1 is 1.04 bits per heavy atom. The number of imide groups is 1. The molecule has 1 N–H and O–H groups in total. The molecule has 0 spiro atoms. The zero-order chi connectivity index (χ0) is 20.3. The molecule has 2 aromatic carbocycles. The number of rotatable bonds is 6. The van der Waals surface area contributed by atoms with Crippen LogP contribution in [0.25, 0.3) is 6.08 Å². The van der Waals surface area contributed by atoms with Gasteiger partial charge in [-0.15, -0.1) is 0 Å².